The van der Waals surface area contributed by atoms with Crippen LogP contribution in [0, 0.1) is 17.8 Å². The lowest BCUT2D eigenvalue weighted by molar-refractivity contribution is -0.133. The number of rotatable bonds is 7. The van der Waals surface area contributed by atoms with Crippen molar-refractivity contribution < 1.29 is 23.9 Å². The molecule has 1 aromatic carbocycles. The molecule has 3 heterocycles. The van der Waals surface area contributed by atoms with E-state index in [1.54, 1.807) is 18.1 Å². The first-order valence-corrected chi connectivity index (χ1v) is 13.2. The Morgan fingerprint density at radius 1 is 1.19 bits per heavy atom. The number of carbonyl (C=O) groups excluding carboxylic acids is 4. The summed E-state index contributed by atoms with van der Waals surface area (Å²) in [4.78, 5) is 56.9. The van der Waals surface area contributed by atoms with Crippen molar-refractivity contribution in [2.45, 2.75) is 57.0 Å². The van der Waals surface area contributed by atoms with Gasteiger partial charge in [-0.05, 0) is 62.1 Å². The first-order chi connectivity index (χ1) is 17.9. The molecule has 5 rings (SSSR count). The molecule has 0 bridgehead atoms. The molecule has 1 saturated carbocycles. The molecule has 0 spiro atoms. The summed E-state index contributed by atoms with van der Waals surface area (Å²) in [6.45, 7) is 1.10. The summed E-state index contributed by atoms with van der Waals surface area (Å²) in [5.41, 5.74) is 6.82. The van der Waals surface area contributed by atoms with E-state index in [1.165, 1.54) is 0 Å². The van der Waals surface area contributed by atoms with Crippen molar-refractivity contribution in [2.75, 3.05) is 20.2 Å². The van der Waals surface area contributed by atoms with Crippen molar-refractivity contribution >= 4 is 34.5 Å². The minimum Gasteiger partial charge on any atom is -0.496 e. The number of amides is 4. The molecule has 2 saturated heterocycles. The van der Waals surface area contributed by atoms with Crippen LogP contribution in [0.5, 0.6) is 5.75 Å². The van der Waals surface area contributed by atoms with Gasteiger partial charge in [-0.2, -0.15) is 0 Å². The predicted molar refractivity (Wildman–Crippen MR) is 137 cm³/mol. The van der Waals surface area contributed by atoms with Crippen LogP contribution < -0.4 is 21.1 Å². The number of nitrogens with zero attached hydrogens (tertiary/aromatic N) is 1. The Hall–Kier alpha value is -3.56. The summed E-state index contributed by atoms with van der Waals surface area (Å²) in [5.74, 6) is -0.903. The van der Waals surface area contributed by atoms with Gasteiger partial charge in [-0.3, -0.25) is 19.2 Å². The smallest absolute Gasteiger partial charge is 0.271 e. The van der Waals surface area contributed by atoms with Gasteiger partial charge < -0.3 is 31.0 Å². The molecule has 1 aliphatic carbocycles. The maximum Gasteiger partial charge on any atom is 0.271 e. The van der Waals surface area contributed by atoms with E-state index in [2.05, 4.69) is 15.6 Å². The highest BCUT2D eigenvalue weighted by Gasteiger charge is 2.49. The summed E-state index contributed by atoms with van der Waals surface area (Å²) >= 11 is 0. The number of aromatic nitrogens is 1. The molecule has 1 aromatic heterocycles. The highest BCUT2D eigenvalue weighted by Crippen LogP contribution is 2.41. The number of H-pyrrole nitrogens is 1. The molecule has 3 aliphatic rings. The molecule has 2 aliphatic heterocycles. The second kappa shape index (κ2) is 10.4. The van der Waals surface area contributed by atoms with Crippen LogP contribution >= 0.6 is 0 Å². The maximum absolute atomic E-state index is 13.8. The van der Waals surface area contributed by atoms with Crippen LogP contribution in [-0.2, 0) is 14.4 Å². The van der Waals surface area contributed by atoms with Crippen molar-refractivity contribution in [2.24, 2.45) is 23.5 Å². The normalized spacial score (nSPS) is 26.3. The van der Waals surface area contributed by atoms with Gasteiger partial charge in [0.15, 0.2) is 0 Å². The summed E-state index contributed by atoms with van der Waals surface area (Å²) in [5, 5.41) is 6.43. The van der Waals surface area contributed by atoms with Crippen molar-refractivity contribution in [3.05, 3.63) is 30.0 Å². The van der Waals surface area contributed by atoms with Crippen LogP contribution in [0.2, 0.25) is 0 Å². The molecule has 37 heavy (non-hydrogen) atoms. The number of piperidine rings is 1. The topological polar surface area (TPSA) is 147 Å². The van der Waals surface area contributed by atoms with E-state index in [-0.39, 0.29) is 41.9 Å². The average Bonchev–Trinajstić information content (AvgIpc) is 3.51. The van der Waals surface area contributed by atoms with Gasteiger partial charge in [0.1, 0.15) is 23.5 Å². The Balaban J connectivity index is 1.39. The van der Waals surface area contributed by atoms with Crippen LogP contribution in [0.3, 0.4) is 0 Å². The summed E-state index contributed by atoms with van der Waals surface area (Å²) in [7, 11) is 1.58. The summed E-state index contributed by atoms with van der Waals surface area (Å²) in [6.07, 6.45) is 5.50. The third kappa shape index (κ3) is 4.89. The lowest BCUT2D eigenvalue weighted by atomic mass is 9.78. The molecule has 10 nitrogen and oxygen atoms in total. The van der Waals surface area contributed by atoms with Crippen LogP contribution in [0.15, 0.2) is 24.3 Å². The van der Waals surface area contributed by atoms with E-state index < -0.39 is 18.0 Å². The molecule has 3 fully saturated rings. The van der Waals surface area contributed by atoms with Gasteiger partial charge >= 0.3 is 0 Å². The zero-order valence-electron chi connectivity index (χ0n) is 21.1. The molecule has 10 heteroatoms. The van der Waals surface area contributed by atoms with Crippen LogP contribution in [0.4, 0.5) is 0 Å². The van der Waals surface area contributed by atoms with E-state index in [0.29, 0.717) is 31.0 Å². The molecular weight excluding hydrogens is 474 g/mol. The molecule has 1 unspecified atom stereocenters. The number of nitrogens with two attached hydrogens (primary N) is 1. The number of benzene rings is 1. The number of hydrogen-bond acceptors (Lipinski definition) is 5. The number of hydrogen-bond donors (Lipinski definition) is 4. The lowest BCUT2D eigenvalue weighted by Gasteiger charge is -2.31. The van der Waals surface area contributed by atoms with Crippen LogP contribution in [0.1, 0.15) is 55.4 Å². The molecule has 5 N–H and O–H groups in total. The predicted octanol–water partition coefficient (Wildman–Crippen LogP) is 1.69. The number of carbonyl (C=O) groups is 4. The number of fused-ring (bicyclic) bond motifs is 2. The fourth-order valence-corrected chi connectivity index (χ4v) is 6.44. The number of aromatic amines is 1. The van der Waals surface area contributed by atoms with Crippen LogP contribution in [-0.4, -0.2) is 65.8 Å². The van der Waals surface area contributed by atoms with E-state index in [4.69, 9.17) is 10.5 Å². The molecule has 198 valence electrons. The van der Waals surface area contributed by atoms with Gasteiger partial charge in [-0.15, -0.1) is 0 Å². The van der Waals surface area contributed by atoms with Gasteiger partial charge in [0.05, 0.1) is 7.11 Å². The Kier molecular flexibility index (Phi) is 7.08. The zero-order chi connectivity index (χ0) is 26.1. The van der Waals surface area contributed by atoms with E-state index in [1.807, 2.05) is 18.2 Å². The second-order valence-electron chi connectivity index (χ2n) is 10.5. The first kappa shape index (κ1) is 25.1. The number of methoxy groups -OCH3 is 1. The zero-order valence-corrected chi connectivity index (χ0v) is 21.1. The van der Waals surface area contributed by atoms with Gasteiger partial charge in [-0.25, -0.2) is 0 Å². The fourth-order valence-electron chi connectivity index (χ4n) is 6.44. The summed E-state index contributed by atoms with van der Waals surface area (Å²) in [6, 6.07) is 5.65. The number of likely N-dealkylation sites (tertiary alicyclic amines) is 1. The molecule has 0 radical (unpaired) electrons. The van der Waals surface area contributed by atoms with Gasteiger partial charge in [0.2, 0.25) is 17.7 Å². The minimum atomic E-state index is -0.974. The van der Waals surface area contributed by atoms with Gasteiger partial charge in [0, 0.05) is 29.9 Å². The SMILES string of the molecule is COc1cccc2[nH]c(C(=O)N3C[C@@H]4CCCC[C@@H]4C3C(=O)N[C@@H](C[C@@H]3CCCNC3=O)C(N)=O)cc12. The number of nitrogens with one attached hydrogen (secondary N) is 3. The van der Waals surface area contributed by atoms with Crippen LogP contribution in [0.25, 0.3) is 10.9 Å². The van der Waals surface area contributed by atoms with E-state index in [0.717, 1.165) is 43.0 Å². The minimum absolute atomic E-state index is 0.0168. The summed E-state index contributed by atoms with van der Waals surface area (Å²) < 4.78 is 5.44. The van der Waals surface area contributed by atoms with Crippen molar-refractivity contribution in [3.63, 3.8) is 0 Å². The fraction of sp³-hybridized carbons (Fsp3) is 0.556. The Bertz CT molecular complexity index is 1210. The molecular formula is C27H35N5O5. The van der Waals surface area contributed by atoms with E-state index in [9.17, 15) is 19.2 Å². The van der Waals surface area contributed by atoms with Crippen molar-refractivity contribution in [3.8, 4) is 5.75 Å². The molecule has 2 aromatic rings. The quantitative estimate of drug-likeness (QED) is 0.449. The van der Waals surface area contributed by atoms with Gasteiger partial charge in [0.25, 0.3) is 5.91 Å². The largest absolute Gasteiger partial charge is 0.496 e. The Morgan fingerprint density at radius 3 is 2.76 bits per heavy atom. The standard InChI is InChI=1S/C27H35N5O5/c1-37-22-10-4-9-19-18(22)13-21(30-19)27(36)32-14-16-6-2-3-8-17(16)23(32)26(35)31-20(24(28)33)12-15-7-5-11-29-25(15)34/h4,9-10,13,15-17,20,23,30H,2-3,5-8,11-12,14H2,1H3,(H2,28,33)(H,29,34)(H,31,35)/t15-,16-,17-,20-,23?/m0/s1. The highest BCUT2D eigenvalue weighted by atomic mass is 16.5. The first-order valence-electron chi connectivity index (χ1n) is 13.2. The number of primary amides is 1. The second-order valence-corrected chi connectivity index (χ2v) is 10.5. The van der Waals surface area contributed by atoms with Gasteiger partial charge in [-0.1, -0.05) is 18.9 Å². The number of ether oxygens (including phenoxy) is 1. The lowest BCUT2D eigenvalue weighted by Crippen LogP contribution is -2.55. The third-order valence-electron chi connectivity index (χ3n) is 8.32. The average molecular weight is 510 g/mol. The van der Waals surface area contributed by atoms with Crippen molar-refractivity contribution in [1.29, 1.82) is 0 Å². The Labute approximate surface area is 215 Å². The highest BCUT2D eigenvalue weighted by molar-refractivity contribution is 6.02. The third-order valence-corrected chi connectivity index (χ3v) is 8.32. The maximum atomic E-state index is 13.8. The monoisotopic (exact) mass is 509 g/mol. The molecule has 4 amide bonds. The van der Waals surface area contributed by atoms with E-state index >= 15 is 0 Å². The van der Waals surface area contributed by atoms with Crippen molar-refractivity contribution in [1.82, 2.24) is 20.5 Å². The molecule has 5 atom stereocenters. The Morgan fingerprint density at radius 2 is 2.00 bits per heavy atom.